The summed E-state index contributed by atoms with van der Waals surface area (Å²) < 4.78 is 12.3. The van der Waals surface area contributed by atoms with Crippen molar-refractivity contribution in [3.05, 3.63) is 28.3 Å². The second-order valence-corrected chi connectivity index (χ2v) is 2.20. The fraction of sp³-hybridized carbons (Fsp3) is 0. The minimum absolute atomic E-state index is 0.0144. The largest absolute Gasteiger partial charge is 0.233 e. The van der Waals surface area contributed by atoms with E-state index in [1.165, 1.54) is 12.1 Å². The van der Waals surface area contributed by atoms with Gasteiger partial charge in [-0.1, -0.05) is 23.2 Å². The quantitative estimate of drug-likeness (QED) is 0.539. The number of nitrogens with zero attached hydrogens (tertiary/aromatic N) is 1. The smallest absolute Gasteiger partial charge is 0.207 e. The number of halogens is 3. The third-order valence-electron chi connectivity index (χ3n) is 0.769. The van der Waals surface area contributed by atoms with E-state index < -0.39 is 5.95 Å². The van der Waals surface area contributed by atoms with E-state index in [1.807, 2.05) is 0 Å². The standard InChI is InChI=1S/C5H2Cl2FN/c6-3-1-2-4(7)9-5(3)8/h1-2H. The molecule has 4 heteroatoms. The van der Waals surface area contributed by atoms with Gasteiger partial charge in [0.25, 0.3) is 0 Å². The first-order chi connectivity index (χ1) is 4.20. The first-order valence-corrected chi connectivity index (χ1v) is 2.93. The maximum atomic E-state index is 12.3. The summed E-state index contributed by atoms with van der Waals surface area (Å²) in [6.45, 7) is 0. The molecule has 1 aromatic rings. The Kier molecular flexibility index (Phi) is 1.88. The fourth-order valence-electron chi connectivity index (χ4n) is 0.395. The Balaban J connectivity index is 3.17. The third-order valence-corrected chi connectivity index (χ3v) is 1.26. The van der Waals surface area contributed by atoms with Crippen molar-refractivity contribution in [2.45, 2.75) is 0 Å². The van der Waals surface area contributed by atoms with Crippen LogP contribution in [0, 0.1) is 5.95 Å². The average Bonchev–Trinajstić information content (AvgIpc) is 1.80. The zero-order valence-corrected chi connectivity index (χ0v) is 5.75. The molecule has 0 saturated heterocycles. The molecule has 9 heavy (non-hydrogen) atoms. The summed E-state index contributed by atoms with van der Waals surface area (Å²) in [6.07, 6.45) is 0. The van der Waals surface area contributed by atoms with Gasteiger partial charge in [0.15, 0.2) is 0 Å². The molecular formula is C5H2Cl2FN. The highest BCUT2D eigenvalue weighted by Gasteiger charge is 1.98. The number of pyridine rings is 1. The third kappa shape index (κ3) is 1.53. The summed E-state index contributed by atoms with van der Waals surface area (Å²) in [5, 5.41) is 0.0938. The van der Waals surface area contributed by atoms with Crippen LogP contribution >= 0.6 is 23.2 Å². The molecular weight excluding hydrogens is 164 g/mol. The Morgan fingerprint density at radius 2 is 2.00 bits per heavy atom. The van der Waals surface area contributed by atoms with E-state index in [2.05, 4.69) is 4.98 Å². The van der Waals surface area contributed by atoms with Crippen LogP contribution in [0.3, 0.4) is 0 Å². The monoisotopic (exact) mass is 165 g/mol. The van der Waals surface area contributed by atoms with Crippen LogP contribution in [-0.4, -0.2) is 4.98 Å². The van der Waals surface area contributed by atoms with Gasteiger partial charge in [-0.05, 0) is 12.1 Å². The second-order valence-electron chi connectivity index (χ2n) is 1.41. The maximum absolute atomic E-state index is 12.3. The van der Waals surface area contributed by atoms with Crippen LogP contribution in [0.25, 0.3) is 0 Å². The van der Waals surface area contributed by atoms with E-state index in [9.17, 15) is 4.39 Å². The number of hydrogen-bond donors (Lipinski definition) is 0. The molecule has 1 aromatic heterocycles. The highest BCUT2D eigenvalue weighted by atomic mass is 35.5. The first kappa shape index (κ1) is 6.78. The van der Waals surface area contributed by atoms with E-state index in [-0.39, 0.29) is 10.2 Å². The molecule has 0 fully saturated rings. The summed E-state index contributed by atoms with van der Waals surface area (Å²) in [5.41, 5.74) is 0. The Morgan fingerprint density at radius 3 is 2.44 bits per heavy atom. The Morgan fingerprint density at radius 1 is 1.33 bits per heavy atom. The van der Waals surface area contributed by atoms with Crippen LogP contribution in [0.2, 0.25) is 10.2 Å². The van der Waals surface area contributed by atoms with Crippen LogP contribution in [0.15, 0.2) is 12.1 Å². The van der Waals surface area contributed by atoms with E-state index in [4.69, 9.17) is 23.2 Å². The molecule has 1 nitrogen and oxygen atoms in total. The molecule has 0 radical (unpaired) electrons. The van der Waals surface area contributed by atoms with Crippen molar-refractivity contribution in [2.75, 3.05) is 0 Å². The fourth-order valence-corrected chi connectivity index (χ4v) is 0.638. The van der Waals surface area contributed by atoms with Gasteiger partial charge in [0.1, 0.15) is 5.15 Å². The summed E-state index contributed by atoms with van der Waals surface area (Å²) in [5.74, 6) is -0.732. The van der Waals surface area contributed by atoms with E-state index in [0.717, 1.165) is 0 Å². The Labute approximate surface area is 61.4 Å². The predicted octanol–water partition coefficient (Wildman–Crippen LogP) is 2.53. The highest BCUT2D eigenvalue weighted by Crippen LogP contribution is 2.14. The van der Waals surface area contributed by atoms with Gasteiger partial charge in [0.2, 0.25) is 5.95 Å². The van der Waals surface area contributed by atoms with Crippen molar-refractivity contribution in [3.8, 4) is 0 Å². The lowest BCUT2D eigenvalue weighted by atomic mass is 10.5. The lowest BCUT2D eigenvalue weighted by molar-refractivity contribution is 0.584. The van der Waals surface area contributed by atoms with Gasteiger partial charge in [-0.2, -0.15) is 4.39 Å². The van der Waals surface area contributed by atoms with E-state index in [1.54, 1.807) is 0 Å². The lowest BCUT2D eigenvalue weighted by Gasteiger charge is -1.90. The van der Waals surface area contributed by atoms with E-state index in [0.29, 0.717) is 0 Å². The zero-order chi connectivity index (χ0) is 6.85. The second kappa shape index (κ2) is 2.50. The minimum atomic E-state index is -0.732. The minimum Gasteiger partial charge on any atom is -0.207 e. The van der Waals surface area contributed by atoms with Crippen molar-refractivity contribution in [1.82, 2.24) is 4.98 Å². The SMILES string of the molecule is Fc1nc(Cl)ccc1Cl. The van der Waals surface area contributed by atoms with Crippen LogP contribution in [-0.2, 0) is 0 Å². The van der Waals surface area contributed by atoms with Crippen molar-refractivity contribution in [2.24, 2.45) is 0 Å². The molecule has 0 bridgehead atoms. The number of aromatic nitrogens is 1. The molecule has 0 aliphatic carbocycles. The highest BCUT2D eigenvalue weighted by molar-refractivity contribution is 6.32. The van der Waals surface area contributed by atoms with Crippen molar-refractivity contribution in [1.29, 1.82) is 0 Å². The summed E-state index contributed by atoms with van der Waals surface area (Å²) in [7, 11) is 0. The molecule has 0 amide bonds. The molecule has 0 aromatic carbocycles. The molecule has 0 saturated carbocycles. The van der Waals surface area contributed by atoms with Gasteiger partial charge < -0.3 is 0 Å². The molecule has 0 aliphatic rings. The topological polar surface area (TPSA) is 12.9 Å². The van der Waals surface area contributed by atoms with Gasteiger partial charge in [-0.15, -0.1) is 0 Å². The predicted molar refractivity (Wildman–Crippen MR) is 34.2 cm³/mol. The summed E-state index contributed by atoms with van der Waals surface area (Å²) in [6, 6.07) is 2.78. The van der Waals surface area contributed by atoms with Gasteiger partial charge in [0, 0.05) is 0 Å². The Hall–Kier alpha value is -0.340. The molecule has 1 rings (SSSR count). The molecule has 1 heterocycles. The molecule has 0 N–H and O–H groups in total. The van der Waals surface area contributed by atoms with Gasteiger partial charge in [0.05, 0.1) is 5.02 Å². The lowest BCUT2D eigenvalue weighted by Crippen LogP contribution is -1.82. The van der Waals surface area contributed by atoms with Crippen LogP contribution < -0.4 is 0 Å². The van der Waals surface area contributed by atoms with Gasteiger partial charge in [-0.25, -0.2) is 4.98 Å². The van der Waals surface area contributed by atoms with Crippen molar-refractivity contribution < 1.29 is 4.39 Å². The van der Waals surface area contributed by atoms with Crippen molar-refractivity contribution in [3.63, 3.8) is 0 Å². The molecule has 0 atom stereocenters. The van der Waals surface area contributed by atoms with E-state index >= 15 is 0 Å². The molecule has 0 unspecified atom stereocenters. The van der Waals surface area contributed by atoms with Crippen LogP contribution in [0.5, 0.6) is 0 Å². The Bertz CT molecular complexity index is 226. The number of hydrogen-bond acceptors (Lipinski definition) is 1. The summed E-state index contributed by atoms with van der Waals surface area (Å²) in [4.78, 5) is 3.24. The van der Waals surface area contributed by atoms with Crippen LogP contribution in [0.1, 0.15) is 0 Å². The zero-order valence-electron chi connectivity index (χ0n) is 4.24. The first-order valence-electron chi connectivity index (χ1n) is 2.17. The molecule has 0 spiro atoms. The van der Waals surface area contributed by atoms with Gasteiger partial charge >= 0.3 is 0 Å². The number of rotatable bonds is 0. The summed E-state index contributed by atoms with van der Waals surface area (Å²) >= 11 is 10.6. The average molecular weight is 166 g/mol. The normalized spacial score (nSPS) is 9.67. The molecule has 0 aliphatic heterocycles. The van der Waals surface area contributed by atoms with Crippen molar-refractivity contribution >= 4 is 23.2 Å². The van der Waals surface area contributed by atoms with Gasteiger partial charge in [-0.3, -0.25) is 0 Å². The maximum Gasteiger partial charge on any atom is 0.233 e. The van der Waals surface area contributed by atoms with Crippen LogP contribution in [0.4, 0.5) is 4.39 Å². The molecule has 48 valence electrons.